The summed E-state index contributed by atoms with van der Waals surface area (Å²) in [5.74, 6) is -1.73. The summed E-state index contributed by atoms with van der Waals surface area (Å²) < 4.78 is 32.7. The Morgan fingerprint density at radius 1 is 1.11 bits per heavy atom. The fraction of sp³-hybridized carbons (Fsp3) is 0.158. The number of hydrogen-bond acceptors (Lipinski definition) is 3. The molecule has 0 radical (unpaired) electrons. The minimum Gasteiger partial charge on any atom is -0.444 e. The van der Waals surface area contributed by atoms with E-state index in [0.29, 0.717) is 21.2 Å². The van der Waals surface area contributed by atoms with E-state index in [2.05, 4.69) is 10.3 Å². The predicted octanol–water partition coefficient (Wildman–Crippen LogP) is 5.73. The van der Waals surface area contributed by atoms with Crippen molar-refractivity contribution in [1.82, 2.24) is 10.3 Å². The third-order valence-electron chi connectivity index (χ3n) is 4.00. The molecule has 0 unspecified atom stereocenters. The van der Waals surface area contributed by atoms with Crippen LogP contribution in [-0.2, 0) is 0 Å². The molecule has 3 rings (SSSR count). The minimum absolute atomic E-state index is 0.0148. The van der Waals surface area contributed by atoms with Crippen molar-refractivity contribution >= 4 is 29.1 Å². The highest BCUT2D eigenvalue weighted by molar-refractivity contribution is 6.35. The summed E-state index contributed by atoms with van der Waals surface area (Å²) in [5, 5.41) is 3.43. The van der Waals surface area contributed by atoms with Gasteiger partial charge in [-0.25, -0.2) is 13.8 Å². The van der Waals surface area contributed by atoms with Crippen molar-refractivity contribution in [2.24, 2.45) is 0 Å². The molecular formula is C19H14Cl2F2N2O2. The number of carbonyl (C=O) groups is 1. The van der Waals surface area contributed by atoms with Crippen LogP contribution in [0.15, 0.2) is 41.0 Å². The van der Waals surface area contributed by atoms with Gasteiger partial charge >= 0.3 is 0 Å². The number of halogens is 4. The van der Waals surface area contributed by atoms with Crippen LogP contribution in [0.1, 0.15) is 34.6 Å². The standard InChI is InChI=1S/C19H14Cl2F2N2O2/c1-9-15(22)5-11(6-16(9)23)10(2)24-18(26)17-8-27-19(25-17)12-3-13(20)7-14(21)4-12/h3-8,10H,1-2H3,(H,24,26)/t10-/m1/s1. The van der Waals surface area contributed by atoms with Crippen molar-refractivity contribution in [1.29, 1.82) is 0 Å². The van der Waals surface area contributed by atoms with Gasteiger partial charge in [-0.2, -0.15) is 0 Å². The molecule has 3 aromatic rings. The molecule has 1 amide bonds. The largest absolute Gasteiger partial charge is 0.444 e. The average molecular weight is 411 g/mol. The highest BCUT2D eigenvalue weighted by Gasteiger charge is 2.18. The van der Waals surface area contributed by atoms with Crippen LogP contribution in [0.25, 0.3) is 11.5 Å². The van der Waals surface area contributed by atoms with Gasteiger partial charge in [0.15, 0.2) is 5.69 Å². The van der Waals surface area contributed by atoms with Crippen molar-refractivity contribution in [2.45, 2.75) is 19.9 Å². The van der Waals surface area contributed by atoms with Crippen molar-refractivity contribution in [2.75, 3.05) is 0 Å². The maximum atomic E-state index is 13.7. The van der Waals surface area contributed by atoms with Crippen LogP contribution >= 0.6 is 23.2 Å². The molecule has 1 heterocycles. The predicted molar refractivity (Wildman–Crippen MR) is 98.9 cm³/mol. The Labute approximate surface area is 164 Å². The van der Waals surface area contributed by atoms with Crippen LogP contribution in [0.3, 0.4) is 0 Å². The molecule has 8 heteroatoms. The van der Waals surface area contributed by atoms with E-state index < -0.39 is 23.6 Å². The highest BCUT2D eigenvalue weighted by Crippen LogP contribution is 2.27. The number of benzene rings is 2. The molecule has 0 saturated carbocycles. The summed E-state index contributed by atoms with van der Waals surface area (Å²) in [6, 6.07) is 6.49. The number of amides is 1. The molecular weight excluding hydrogens is 397 g/mol. The maximum absolute atomic E-state index is 13.7. The highest BCUT2D eigenvalue weighted by atomic mass is 35.5. The van der Waals surface area contributed by atoms with Crippen LogP contribution in [0.2, 0.25) is 10.0 Å². The van der Waals surface area contributed by atoms with Gasteiger partial charge in [0.05, 0.1) is 6.04 Å². The third-order valence-corrected chi connectivity index (χ3v) is 4.43. The molecule has 0 aliphatic carbocycles. The molecule has 1 atom stereocenters. The van der Waals surface area contributed by atoms with E-state index >= 15 is 0 Å². The van der Waals surface area contributed by atoms with E-state index in [1.54, 1.807) is 25.1 Å². The van der Waals surface area contributed by atoms with E-state index in [1.807, 2.05) is 0 Å². The Morgan fingerprint density at radius 3 is 2.30 bits per heavy atom. The number of hydrogen-bond donors (Lipinski definition) is 1. The number of nitrogens with one attached hydrogen (secondary N) is 1. The quantitative estimate of drug-likeness (QED) is 0.597. The van der Waals surface area contributed by atoms with Gasteiger partial charge in [0.1, 0.15) is 17.9 Å². The number of oxazole rings is 1. The van der Waals surface area contributed by atoms with Gasteiger partial charge in [0.25, 0.3) is 5.91 Å². The normalized spacial score (nSPS) is 12.1. The van der Waals surface area contributed by atoms with E-state index in [0.717, 1.165) is 0 Å². The zero-order valence-electron chi connectivity index (χ0n) is 14.3. The SMILES string of the molecule is Cc1c(F)cc([C@@H](C)NC(=O)c2coc(-c3cc(Cl)cc(Cl)c3)n2)cc1F. The van der Waals surface area contributed by atoms with Crippen LogP contribution in [0.4, 0.5) is 8.78 Å². The first-order valence-electron chi connectivity index (χ1n) is 7.93. The number of nitrogens with zero attached hydrogens (tertiary/aromatic N) is 1. The Balaban J connectivity index is 1.78. The van der Waals surface area contributed by atoms with Crippen LogP contribution in [-0.4, -0.2) is 10.9 Å². The lowest BCUT2D eigenvalue weighted by atomic mass is 10.1. The molecule has 1 aromatic heterocycles. The average Bonchev–Trinajstić information content (AvgIpc) is 3.08. The first-order chi connectivity index (χ1) is 12.7. The zero-order valence-corrected chi connectivity index (χ0v) is 15.8. The van der Waals surface area contributed by atoms with Crippen molar-refractivity contribution in [3.05, 3.63) is 75.1 Å². The van der Waals surface area contributed by atoms with Crippen molar-refractivity contribution in [3.8, 4) is 11.5 Å². The molecule has 0 aliphatic heterocycles. The molecule has 0 fully saturated rings. The van der Waals surface area contributed by atoms with E-state index in [1.165, 1.54) is 25.3 Å². The Kier molecular flexibility index (Phi) is 5.48. The summed E-state index contributed by atoms with van der Waals surface area (Å²) in [7, 11) is 0. The molecule has 2 aromatic carbocycles. The number of carbonyl (C=O) groups excluding carboxylic acids is 1. The zero-order chi connectivity index (χ0) is 19.7. The first kappa shape index (κ1) is 19.3. The summed E-state index contributed by atoms with van der Waals surface area (Å²) in [6.07, 6.45) is 1.18. The molecule has 0 spiro atoms. The van der Waals surface area contributed by atoms with Gasteiger partial charge in [-0.05, 0) is 49.7 Å². The van der Waals surface area contributed by atoms with E-state index in [-0.39, 0.29) is 17.1 Å². The summed E-state index contributed by atoms with van der Waals surface area (Å²) >= 11 is 11.9. The topological polar surface area (TPSA) is 55.1 Å². The van der Waals surface area contributed by atoms with Gasteiger partial charge in [0.2, 0.25) is 5.89 Å². The summed E-state index contributed by atoms with van der Waals surface area (Å²) in [5.41, 5.74) is 0.760. The molecule has 140 valence electrons. The Morgan fingerprint density at radius 2 is 1.70 bits per heavy atom. The molecule has 0 saturated heterocycles. The van der Waals surface area contributed by atoms with Crippen LogP contribution in [0, 0.1) is 18.6 Å². The van der Waals surface area contributed by atoms with Gasteiger partial charge in [-0.1, -0.05) is 23.2 Å². The number of aromatic nitrogens is 1. The molecule has 27 heavy (non-hydrogen) atoms. The van der Waals surface area contributed by atoms with Crippen LogP contribution < -0.4 is 5.32 Å². The second kappa shape index (κ2) is 7.66. The lowest BCUT2D eigenvalue weighted by Gasteiger charge is -2.14. The van der Waals surface area contributed by atoms with Crippen LogP contribution in [0.5, 0.6) is 0 Å². The smallest absolute Gasteiger partial charge is 0.273 e. The fourth-order valence-electron chi connectivity index (χ4n) is 2.46. The lowest BCUT2D eigenvalue weighted by molar-refractivity contribution is 0.0934. The van der Waals surface area contributed by atoms with Gasteiger partial charge in [-0.3, -0.25) is 4.79 Å². The third kappa shape index (κ3) is 4.28. The second-order valence-electron chi connectivity index (χ2n) is 6.00. The van der Waals surface area contributed by atoms with Crippen molar-refractivity contribution < 1.29 is 18.0 Å². The Bertz CT molecular complexity index is 977. The fourth-order valence-corrected chi connectivity index (χ4v) is 2.98. The summed E-state index contributed by atoms with van der Waals surface area (Å²) in [6.45, 7) is 2.95. The molecule has 0 aliphatic rings. The first-order valence-corrected chi connectivity index (χ1v) is 8.68. The van der Waals surface area contributed by atoms with Crippen molar-refractivity contribution in [3.63, 3.8) is 0 Å². The lowest BCUT2D eigenvalue weighted by Crippen LogP contribution is -2.27. The molecule has 1 N–H and O–H groups in total. The maximum Gasteiger partial charge on any atom is 0.273 e. The Hall–Kier alpha value is -2.44. The minimum atomic E-state index is -0.673. The van der Waals surface area contributed by atoms with E-state index in [9.17, 15) is 13.6 Å². The monoisotopic (exact) mass is 410 g/mol. The second-order valence-corrected chi connectivity index (χ2v) is 6.87. The molecule has 4 nitrogen and oxygen atoms in total. The van der Waals surface area contributed by atoms with Gasteiger partial charge in [-0.15, -0.1) is 0 Å². The van der Waals surface area contributed by atoms with Gasteiger partial charge < -0.3 is 9.73 Å². The number of rotatable bonds is 4. The van der Waals surface area contributed by atoms with E-state index in [4.69, 9.17) is 27.6 Å². The summed E-state index contributed by atoms with van der Waals surface area (Å²) in [4.78, 5) is 16.5. The van der Waals surface area contributed by atoms with Gasteiger partial charge in [0, 0.05) is 21.2 Å². The molecule has 0 bridgehead atoms.